The topological polar surface area (TPSA) is 82.1 Å². The van der Waals surface area contributed by atoms with Gasteiger partial charge in [-0.15, -0.1) is 0 Å². The summed E-state index contributed by atoms with van der Waals surface area (Å²) in [5.74, 6) is -0.0577. The zero-order chi connectivity index (χ0) is 24.2. The number of imide groups is 1. The first-order valence-corrected chi connectivity index (χ1v) is 12.1. The van der Waals surface area contributed by atoms with Gasteiger partial charge in [-0.05, 0) is 80.5 Å². The van der Waals surface area contributed by atoms with Gasteiger partial charge in [-0.2, -0.15) is 0 Å². The molecule has 1 fully saturated rings. The van der Waals surface area contributed by atoms with Crippen LogP contribution in [0.3, 0.4) is 0 Å². The van der Waals surface area contributed by atoms with Crippen molar-refractivity contribution in [3.05, 3.63) is 74.2 Å². The minimum atomic E-state index is -0.512. The van der Waals surface area contributed by atoms with E-state index in [1.807, 2.05) is 42.5 Å². The van der Waals surface area contributed by atoms with Gasteiger partial charge in [0, 0.05) is 0 Å². The van der Waals surface area contributed by atoms with Gasteiger partial charge < -0.3 is 14.2 Å². The molecule has 1 aliphatic heterocycles. The first-order chi connectivity index (χ1) is 16.4. The lowest BCUT2D eigenvalue weighted by atomic mass is 10.1. The van der Waals surface area contributed by atoms with Gasteiger partial charge in [0.15, 0.2) is 18.1 Å². The molecule has 0 spiro atoms. The second kappa shape index (κ2) is 10.5. The highest BCUT2D eigenvalue weighted by molar-refractivity contribution is 14.1. The summed E-state index contributed by atoms with van der Waals surface area (Å²) in [6, 6.07) is 17.3. The zero-order valence-electron chi connectivity index (χ0n) is 18.4. The van der Waals surface area contributed by atoms with Crippen molar-refractivity contribution in [2.24, 2.45) is 0 Å². The molecule has 0 bridgehead atoms. The average molecular weight is 589 g/mol. The number of nitrogens with zero attached hydrogens (tertiary/aromatic N) is 1. The van der Waals surface area contributed by atoms with Crippen molar-refractivity contribution >= 4 is 68.3 Å². The van der Waals surface area contributed by atoms with Gasteiger partial charge in [-0.3, -0.25) is 14.5 Å². The smallest absolute Gasteiger partial charge is 0.343 e. The molecule has 0 aromatic heterocycles. The Hall–Kier alpha value is -3.05. The zero-order valence-corrected chi connectivity index (χ0v) is 21.3. The summed E-state index contributed by atoms with van der Waals surface area (Å²) in [6.07, 6.45) is 1.65. The molecule has 2 amide bonds. The van der Waals surface area contributed by atoms with Crippen molar-refractivity contribution in [2.45, 2.75) is 6.54 Å². The summed E-state index contributed by atoms with van der Waals surface area (Å²) < 4.78 is 16.2. The lowest BCUT2D eigenvalue weighted by Gasteiger charge is -2.13. The van der Waals surface area contributed by atoms with Crippen LogP contribution in [0.15, 0.2) is 59.5 Å². The van der Waals surface area contributed by atoms with Gasteiger partial charge in [0.2, 0.25) is 0 Å². The van der Waals surface area contributed by atoms with Crippen molar-refractivity contribution in [3.63, 3.8) is 0 Å². The Labute approximate surface area is 214 Å². The number of carbonyl (C=O) groups excluding carboxylic acids is 3. The van der Waals surface area contributed by atoms with E-state index in [2.05, 4.69) is 27.3 Å². The lowest BCUT2D eigenvalue weighted by molar-refractivity contribution is -0.143. The van der Waals surface area contributed by atoms with E-state index in [9.17, 15) is 14.4 Å². The Balaban J connectivity index is 1.55. The van der Waals surface area contributed by atoms with E-state index in [1.54, 1.807) is 18.2 Å². The molecule has 7 nitrogen and oxygen atoms in total. The first-order valence-electron chi connectivity index (χ1n) is 10.2. The lowest BCUT2D eigenvalue weighted by Crippen LogP contribution is -2.27. The van der Waals surface area contributed by atoms with Crippen LogP contribution in [-0.4, -0.2) is 42.8 Å². The van der Waals surface area contributed by atoms with Crippen LogP contribution in [0, 0.1) is 3.57 Å². The second-order valence-electron chi connectivity index (χ2n) is 7.35. The summed E-state index contributed by atoms with van der Waals surface area (Å²) in [7, 11) is 2.77. The highest BCUT2D eigenvalue weighted by Gasteiger charge is 2.35. The van der Waals surface area contributed by atoms with Crippen LogP contribution in [-0.2, 0) is 20.9 Å². The van der Waals surface area contributed by atoms with E-state index in [1.165, 1.54) is 19.1 Å². The van der Waals surface area contributed by atoms with Crippen LogP contribution in [0.25, 0.3) is 16.8 Å². The molecule has 0 unspecified atom stereocenters. The number of rotatable bonds is 7. The maximum absolute atomic E-state index is 13.0. The fraction of sp³-hybridized carbons (Fsp3) is 0.160. The summed E-state index contributed by atoms with van der Waals surface area (Å²) >= 11 is 2.96. The maximum atomic E-state index is 13.0. The molecule has 3 aromatic carbocycles. The first kappa shape index (κ1) is 24.1. The summed E-state index contributed by atoms with van der Waals surface area (Å²) in [4.78, 5) is 38.6. The quantitative estimate of drug-likeness (QED) is 0.212. The van der Waals surface area contributed by atoms with E-state index in [0.29, 0.717) is 25.5 Å². The number of thioether (sulfide) groups is 1. The van der Waals surface area contributed by atoms with Crippen molar-refractivity contribution in [1.29, 1.82) is 0 Å². The number of methoxy groups -OCH3 is 2. The standard InChI is InChI=1S/C25H20INO6S/c1-31-20-11-16(10-19(26)23(20)33-14-22(28)32-2)12-21-24(29)27(25(30)34-21)13-15-7-8-17-5-3-4-6-18(17)9-15/h3-12H,13-14H2,1-2H3/b21-12-. The van der Waals surface area contributed by atoms with Crippen LogP contribution in [0.4, 0.5) is 4.79 Å². The predicted molar refractivity (Wildman–Crippen MR) is 139 cm³/mol. The number of benzene rings is 3. The van der Waals surface area contributed by atoms with E-state index in [-0.39, 0.29) is 24.3 Å². The molecule has 9 heteroatoms. The molecule has 174 valence electrons. The molecule has 3 aromatic rings. The Bertz CT molecular complexity index is 1320. The number of hydrogen-bond donors (Lipinski definition) is 0. The molecule has 34 heavy (non-hydrogen) atoms. The molecule has 0 radical (unpaired) electrons. The minimum absolute atomic E-state index is 0.202. The highest BCUT2D eigenvalue weighted by atomic mass is 127. The third kappa shape index (κ3) is 5.20. The van der Waals surface area contributed by atoms with E-state index in [4.69, 9.17) is 9.47 Å². The Morgan fingerprint density at radius 3 is 2.56 bits per heavy atom. The average Bonchev–Trinajstić information content (AvgIpc) is 3.09. The van der Waals surface area contributed by atoms with Crippen molar-refractivity contribution in [1.82, 2.24) is 4.90 Å². The van der Waals surface area contributed by atoms with E-state index >= 15 is 0 Å². The van der Waals surface area contributed by atoms with Crippen LogP contribution in [0.2, 0.25) is 0 Å². The van der Waals surface area contributed by atoms with Gasteiger partial charge >= 0.3 is 5.97 Å². The van der Waals surface area contributed by atoms with Gasteiger partial charge in [0.25, 0.3) is 11.1 Å². The number of fused-ring (bicyclic) bond motifs is 1. The van der Waals surface area contributed by atoms with Crippen LogP contribution in [0.5, 0.6) is 11.5 Å². The second-order valence-corrected chi connectivity index (χ2v) is 9.50. The summed E-state index contributed by atoms with van der Waals surface area (Å²) in [5.41, 5.74) is 1.55. The van der Waals surface area contributed by atoms with E-state index in [0.717, 1.165) is 28.1 Å². The molecule has 0 aliphatic carbocycles. The van der Waals surface area contributed by atoms with Crippen LogP contribution >= 0.6 is 34.4 Å². The monoisotopic (exact) mass is 589 g/mol. The molecule has 1 heterocycles. The molecule has 0 saturated carbocycles. The molecular formula is C25H20INO6S. The van der Waals surface area contributed by atoms with Gasteiger partial charge in [-0.25, -0.2) is 4.79 Å². The molecular weight excluding hydrogens is 569 g/mol. The summed E-state index contributed by atoms with van der Waals surface area (Å²) in [5, 5.41) is 1.84. The third-order valence-corrected chi connectivity index (χ3v) is 6.85. The van der Waals surface area contributed by atoms with Crippen LogP contribution in [0.1, 0.15) is 11.1 Å². The van der Waals surface area contributed by atoms with Gasteiger partial charge in [0.1, 0.15) is 0 Å². The fourth-order valence-electron chi connectivity index (χ4n) is 3.46. The number of hydrogen-bond acceptors (Lipinski definition) is 7. The Morgan fingerprint density at radius 1 is 1.06 bits per heavy atom. The Kier molecular flexibility index (Phi) is 7.42. The van der Waals surface area contributed by atoms with Crippen LogP contribution < -0.4 is 9.47 Å². The Morgan fingerprint density at radius 2 is 1.82 bits per heavy atom. The molecule has 1 saturated heterocycles. The number of esters is 1. The normalized spacial score (nSPS) is 14.7. The predicted octanol–water partition coefficient (Wildman–Crippen LogP) is 5.24. The van der Waals surface area contributed by atoms with Crippen molar-refractivity contribution < 1.29 is 28.6 Å². The fourth-order valence-corrected chi connectivity index (χ4v) is 5.08. The third-order valence-electron chi connectivity index (χ3n) is 5.14. The van der Waals surface area contributed by atoms with Gasteiger partial charge in [-0.1, -0.05) is 36.4 Å². The van der Waals surface area contributed by atoms with E-state index < -0.39 is 5.97 Å². The molecule has 1 aliphatic rings. The number of amides is 2. The molecule has 0 atom stereocenters. The highest BCUT2D eigenvalue weighted by Crippen LogP contribution is 2.37. The minimum Gasteiger partial charge on any atom is -0.493 e. The van der Waals surface area contributed by atoms with Gasteiger partial charge in [0.05, 0.1) is 29.2 Å². The number of halogens is 1. The van der Waals surface area contributed by atoms with Crippen molar-refractivity contribution in [3.8, 4) is 11.5 Å². The van der Waals surface area contributed by atoms with Crippen molar-refractivity contribution in [2.75, 3.05) is 20.8 Å². The molecule has 4 rings (SSSR count). The largest absolute Gasteiger partial charge is 0.493 e. The SMILES string of the molecule is COC(=O)COc1c(I)cc(/C=C2\SC(=O)N(Cc3ccc4ccccc4c3)C2=O)cc1OC. The maximum Gasteiger partial charge on any atom is 0.343 e. The summed E-state index contributed by atoms with van der Waals surface area (Å²) in [6.45, 7) is -0.0517. The number of ether oxygens (including phenoxy) is 3. The number of carbonyl (C=O) groups is 3. The molecule has 0 N–H and O–H groups in total.